The van der Waals surface area contributed by atoms with Gasteiger partial charge in [0.1, 0.15) is 6.04 Å². The van der Waals surface area contributed by atoms with Gasteiger partial charge in [-0.25, -0.2) is 9.59 Å². The number of hydrogen-bond donors (Lipinski definition) is 2. The number of carbonyl (C=O) groups is 2. The van der Waals surface area contributed by atoms with Crippen LogP contribution in [0, 0.1) is 0 Å². The molecule has 1 saturated carbocycles. The van der Waals surface area contributed by atoms with Gasteiger partial charge in [-0.3, -0.25) is 0 Å². The van der Waals surface area contributed by atoms with Crippen LogP contribution in [0.2, 0.25) is 0 Å². The van der Waals surface area contributed by atoms with Crippen molar-refractivity contribution in [3.63, 3.8) is 0 Å². The molecule has 2 amide bonds. The Morgan fingerprint density at radius 2 is 2.26 bits per heavy atom. The van der Waals surface area contributed by atoms with Crippen molar-refractivity contribution in [2.24, 2.45) is 0 Å². The maximum atomic E-state index is 12.0. The zero-order valence-corrected chi connectivity index (χ0v) is 11.3. The van der Waals surface area contributed by atoms with Gasteiger partial charge in [-0.15, -0.1) is 6.58 Å². The van der Waals surface area contributed by atoms with Crippen LogP contribution in [0.4, 0.5) is 4.79 Å². The number of carboxylic acid groups (broad SMARTS) is 1. The lowest BCUT2D eigenvalue weighted by Crippen LogP contribution is -2.48. The molecule has 0 aromatic rings. The number of urea groups is 1. The summed E-state index contributed by atoms with van der Waals surface area (Å²) >= 11 is 0. The van der Waals surface area contributed by atoms with Crippen LogP contribution in [-0.2, 0) is 9.53 Å². The summed E-state index contributed by atoms with van der Waals surface area (Å²) in [7, 11) is 1.56. The van der Waals surface area contributed by atoms with E-state index in [1.807, 2.05) is 0 Å². The summed E-state index contributed by atoms with van der Waals surface area (Å²) in [5.41, 5.74) is 0. The van der Waals surface area contributed by atoms with Gasteiger partial charge in [-0.05, 0) is 25.7 Å². The predicted molar refractivity (Wildman–Crippen MR) is 71.0 cm³/mol. The van der Waals surface area contributed by atoms with Gasteiger partial charge in [0.25, 0.3) is 0 Å². The first kappa shape index (κ1) is 15.5. The van der Waals surface area contributed by atoms with E-state index < -0.39 is 12.0 Å². The third kappa shape index (κ3) is 5.30. The Hall–Kier alpha value is -1.56. The molecule has 0 aliphatic heterocycles. The summed E-state index contributed by atoms with van der Waals surface area (Å²) < 4.78 is 4.88. The van der Waals surface area contributed by atoms with Crippen molar-refractivity contribution in [1.29, 1.82) is 0 Å². The van der Waals surface area contributed by atoms with Crippen molar-refractivity contribution in [3.05, 3.63) is 12.7 Å². The number of nitrogens with zero attached hydrogens (tertiary/aromatic N) is 1. The number of rotatable bonds is 9. The fourth-order valence-corrected chi connectivity index (χ4v) is 1.84. The summed E-state index contributed by atoms with van der Waals surface area (Å²) in [5.74, 6) is -1.01. The second-order valence-electron chi connectivity index (χ2n) is 4.65. The first-order valence-electron chi connectivity index (χ1n) is 6.50. The topological polar surface area (TPSA) is 78.9 Å². The smallest absolute Gasteiger partial charge is 0.326 e. The van der Waals surface area contributed by atoms with Crippen LogP contribution in [0.5, 0.6) is 0 Å². The quantitative estimate of drug-likeness (QED) is 0.488. The molecule has 1 unspecified atom stereocenters. The summed E-state index contributed by atoms with van der Waals surface area (Å²) in [6, 6.07) is -0.965. The van der Waals surface area contributed by atoms with E-state index in [0.717, 1.165) is 12.8 Å². The minimum atomic E-state index is -1.01. The van der Waals surface area contributed by atoms with Gasteiger partial charge in [0.05, 0.1) is 0 Å². The Morgan fingerprint density at radius 3 is 2.74 bits per heavy atom. The van der Waals surface area contributed by atoms with Crippen molar-refractivity contribution in [2.75, 3.05) is 20.3 Å². The zero-order chi connectivity index (χ0) is 14.3. The van der Waals surface area contributed by atoms with E-state index >= 15 is 0 Å². The van der Waals surface area contributed by atoms with Crippen LogP contribution in [0.15, 0.2) is 12.7 Å². The summed E-state index contributed by atoms with van der Waals surface area (Å²) in [4.78, 5) is 24.8. The molecule has 19 heavy (non-hydrogen) atoms. The molecule has 0 radical (unpaired) electrons. The highest BCUT2D eigenvalue weighted by molar-refractivity contribution is 5.82. The largest absolute Gasteiger partial charge is 0.480 e. The molecule has 1 fully saturated rings. The second-order valence-corrected chi connectivity index (χ2v) is 4.65. The number of carboxylic acids is 1. The average molecular weight is 270 g/mol. The van der Waals surface area contributed by atoms with Gasteiger partial charge in [0.15, 0.2) is 0 Å². The monoisotopic (exact) mass is 270 g/mol. The molecule has 1 atom stereocenters. The molecule has 0 aromatic carbocycles. The Labute approximate surface area is 113 Å². The molecule has 0 spiro atoms. The van der Waals surface area contributed by atoms with Crippen LogP contribution in [0.1, 0.15) is 25.7 Å². The van der Waals surface area contributed by atoms with Crippen LogP contribution >= 0.6 is 0 Å². The maximum Gasteiger partial charge on any atom is 0.326 e. The third-order valence-corrected chi connectivity index (χ3v) is 3.01. The fourth-order valence-electron chi connectivity index (χ4n) is 1.84. The normalized spacial score (nSPS) is 15.6. The van der Waals surface area contributed by atoms with Crippen molar-refractivity contribution >= 4 is 12.0 Å². The lowest BCUT2D eigenvalue weighted by atomic mass is 10.1. The van der Waals surface area contributed by atoms with E-state index in [0.29, 0.717) is 26.0 Å². The van der Waals surface area contributed by atoms with E-state index in [4.69, 9.17) is 9.84 Å². The van der Waals surface area contributed by atoms with Gasteiger partial charge in [0, 0.05) is 26.3 Å². The first-order chi connectivity index (χ1) is 9.10. The minimum Gasteiger partial charge on any atom is -0.480 e. The molecule has 1 rings (SSSR count). The number of methoxy groups -OCH3 is 1. The van der Waals surface area contributed by atoms with Gasteiger partial charge in [-0.2, -0.15) is 0 Å². The summed E-state index contributed by atoms with van der Waals surface area (Å²) in [6.45, 7) is 4.54. The van der Waals surface area contributed by atoms with Crippen molar-refractivity contribution < 1.29 is 19.4 Å². The molecule has 108 valence electrons. The molecule has 6 heteroatoms. The van der Waals surface area contributed by atoms with Gasteiger partial charge in [0.2, 0.25) is 0 Å². The Balaban J connectivity index is 2.48. The standard InChI is InChI=1S/C13H22N2O4/c1-3-8-15(10-6-7-10)13(18)14-11(12(16)17)5-4-9-19-2/h3,10-11H,1,4-9H2,2H3,(H,14,18)(H,16,17). The highest BCUT2D eigenvalue weighted by Crippen LogP contribution is 2.26. The number of amides is 2. The fraction of sp³-hybridized carbons (Fsp3) is 0.692. The predicted octanol–water partition coefficient (Wildman–Crippen LogP) is 1.23. The highest BCUT2D eigenvalue weighted by Gasteiger charge is 2.33. The highest BCUT2D eigenvalue weighted by atomic mass is 16.5. The Kier molecular flexibility index (Phi) is 6.35. The molecule has 2 N–H and O–H groups in total. The lowest BCUT2D eigenvalue weighted by Gasteiger charge is -2.23. The van der Waals surface area contributed by atoms with Gasteiger partial charge < -0.3 is 20.1 Å². The molecular weight excluding hydrogens is 248 g/mol. The molecule has 1 aliphatic rings. The maximum absolute atomic E-state index is 12.0. The number of hydrogen-bond acceptors (Lipinski definition) is 3. The molecule has 0 bridgehead atoms. The van der Waals surface area contributed by atoms with E-state index in [1.54, 1.807) is 18.1 Å². The van der Waals surface area contributed by atoms with E-state index in [-0.39, 0.29) is 12.1 Å². The van der Waals surface area contributed by atoms with Crippen LogP contribution < -0.4 is 5.32 Å². The molecule has 0 saturated heterocycles. The van der Waals surface area contributed by atoms with Crippen LogP contribution in [-0.4, -0.2) is 54.4 Å². The molecular formula is C13H22N2O4. The Bertz CT molecular complexity index is 329. The first-order valence-corrected chi connectivity index (χ1v) is 6.50. The molecule has 6 nitrogen and oxygen atoms in total. The number of carbonyl (C=O) groups excluding carboxylic acids is 1. The van der Waals surface area contributed by atoms with E-state index in [9.17, 15) is 9.59 Å². The molecule has 0 heterocycles. The zero-order valence-electron chi connectivity index (χ0n) is 11.3. The average Bonchev–Trinajstić information content (AvgIpc) is 3.18. The number of nitrogens with one attached hydrogen (secondary N) is 1. The van der Waals surface area contributed by atoms with E-state index in [2.05, 4.69) is 11.9 Å². The van der Waals surface area contributed by atoms with Gasteiger partial charge in [-0.1, -0.05) is 6.08 Å². The summed E-state index contributed by atoms with van der Waals surface area (Å²) in [5, 5.41) is 11.7. The van der Waals surface area contributed by atoms with Gasteiger partial charge >= 0.3 is 12.0 Å². The van der Waals surface area contributed by atoms with Crippen molar-refractivity contribution in [3.8, 4) is 0 Å². The van der Waals surface area contributed by atoms with Crippen molar-refractivity contribution in [1.82, 2.24) is 10.2 Å². The third-order valence-electron chi connectivity index (χ3n) is 3.01. The molecule has 0 aromatic heterocycles. The van der Waals surface area contributed by atoms with E-state index in [1.165, 1.54) is 0 Å². The van der Waals surface area contributed by atoms with Crippen LogP contribution in [0.25, 0.3) is 0 Å². The summed E-state index contributed by atoms with van der Waals surface area (Å²) in [6.07, 6.45) is 4.56. The van der Waals surface area contributed by atoms with Crippen LogP contribution in [0.3, 0.4) is 0 Å². The molecule has 1 aliphatic carbocycles. The second kappa shape index (κ2) is 7.78. The lowest BCUT2D eigenvalue weighted by molar-refractivity contribution is -0.139. The Morgan fingerprint density at radius 1 is 1.58 bits per heavy atom. The number of aliphatic carboxylic acids is 1. The SMILES string of the molecule is C=CCN(C(=O)NC(CCCOC)C(=O)O)C1CC1. The minimum absolute atomic E-state index is 0.228. The van der Waals surface area contributed by atoms with Crippen molar-refractivity contribution in [2.45, 2.75) is 37.8 Å². The number of ether oxygens (including phenoxy) is 1.